The summed E-state index contributed by atoms with van der Waals surface area (Å²) in [5.74, 6) is -2.73. The van der Waals surface area contributed by atoms with E-state index in [2.05, 4.69) is 15.3 Å². The topological polar surface area (TPSA) is 105 Å². The first-order chi connectivity index (χ1) is 14.0. The van der Waals surface area contributed by atoms with E-state index in [0.717, 1.165) is 30.6 Å². The van der Waals surface area contributed by atoms with Crippen molar-refractivity contribution in [1.29, 1.82) is 0 Å². The Morgan fingerprint density at radius 3 is 2.47 bits per heavy atom. The van der Waals surface area contributed by atoms with Crippen LogP contribution in [0.25, 0.3) is 0 Å². The molecule has 1 aromatic carbocycles. The van der Waals surface area contributed by atoms with Crippen LogP contribution < -0.4 is 10.2 Å². The number of benzene rings is 1. The van der Waals surface area contributed by atoms with Gasteiger partial charge in [-0.3, -0.25) is 0 Å². The maximum atomic E-state index is 14.4. The predicted molar refractivity (Wildman–Crippen MR) is 103 cm³/mol. The van der Waals surface area contributed by atoms with Crippen molar-refractivity contribution < 1.29 is 28.2 Å². The molecule has 0 spiro atoms. The van der Waals surface area contributed by atoms with Crippen LogP contribution in [0.2, 0.25) is 0 Å². The van der Waals surface area contributed by atoms with Crippen LogP contribution in [0.5, 0.6) is 0 Å². The number of halogens is 2. The van der Waals surface area contributed by atoms with Crippen molar-refractivity contribution in [1.82, 2.24) is 15.3 Å². The summed E-state index contributed by atoms with van der Waals surface area (Å²) in [6.45, 7) is 5.54. The van der Waals surface area contributed by atoms with Crippen LogP contribution in [0.4, 0.5) is 19.5 Å². The van der Waals surface area contributed by atoms with Crippen LogP contribution >= 0.6 is 0 Å². The molecule has 2 N–H and O–H groups in total. The summed E-state index contributed by atoms with van der Waals surface area (Å²) in [5.41, 5.74) is -0.688. The molecule has 1 saturated heterocycles. The van der Waals surface area contributed by atoms with E-state index in [4.69, 9.17) is 9.84 Å². The molecule has 2 aromatic rings. The number of carboxylic acids is 1. The lowest BCUT2D eigenvalue weighted by molar-refractivity contribution is 0.0504. The van der Waals surface area contributed by atoms with Crippen molar-refractivity contribution in [2.75, 3.05) is 18.0 Å². The van der Waals surface area contributed by atoms with E-state index in [0.29, 0.717) is 0 Å². The average molecular weight is 420 g/mol. The number of aromatic nitrogens is 2. The van der Waals surface area contributed by atoms with Crippen LogP contribution in [-0.4, -0.2) is 51.9 Å². The van der Waals surface area contributed by atoms with Gasteiger partial charge in [0.05, 0.1) is 11.6 Å². The number of amides is 1. The lowest BCUT2D eigenvalue weighted by Crippen LogP contribution is -2.43. The first-order valence-corrected chi connectivity index (χ1v) is 9.28. The second-order valence-electron chi connectivity index (χ2n) is 8.01. The molecule has 1 aliphatic heterocycles. The number of nitrogens with zero attached hydrogens (tertiary/aromatic N) is 3. The van der Waals surface area contributed by atoms with Gasteiger partial charge >= 0.3 is 12.1 Å². The van der Waals surface area contributed by atoms with Crippen LogP contribution in [0.15, 0.2) is 30.6 Å². The van der Waals surface area contributed by atoms with Crippen LogP contribution in [-0.2, 0) is 4.74 Å². The highest BCUT2D eigenvalue weighted by Crippen LogP contribution is 2.32. The number of nitrogens with one attached hydrogen (secondary N) is 1. The van der Waals surface area contributed by atoms with Gasteiger partial charge in [0.2, 0.25) is 5.95 Å². The molecule has 2 atom stereocenters. The van der Waals surface area contributed by atoms with E-state index >= 15 is 0 Å². The Balaban J connectivity index is 1.88. The number of hydrogen-bond donors (Lipinski definition) is 2. The monoisotopic (exact) mass is 420 g/mol. The number of carbonyl (C=O) groups excluding carboxylic acids is 1. The molecule has 0 bridgehead atoms. The first kappa shape index (κ1) is 21.4. The fraction of sp³-hybridized carbons (Fsp3) is 0.400. The van der Waals surface area contributed by atoms with Gasteiger partial charge in [0, 0.05) is 31.4 Å². The number of alkyl carbamates (subject to hydrolysis) is 1. The Labute approximate surface area is 171 Å². The fourth-order valence-corrected chi connectivity index (χ4v) is 3.28. The largest absolute Gasteiger partial charge is 0.478 e. The van der Waals surface area contributed by atoms with E-state index in [1.54, 1.807) is 25.7 Å². The lowest BCUT2D eigenvalue weighted by Gasteiger charge is -2.24. The fourth-order valence-electron chi connectivity index (χ4n) is 3.28. The minimum Gasteiger partial charge on any atom is -0.478 e. The molecule has 1 fully saturated rings. The highest BCUT2D eigenvalue weighted by Gasteiger charge is 2.38. The number of carboxylic acid groups (broad SMARTS) is 1. The van der Waals surface area contributed by atoms with Crippen molar-refractivity contribution in [3.05, 3.63) is 53.4 Å². The zero-order valence-corrected chi connectivity index (χ0v) is 16.7. The molecular formula is C20H22F2N4O4. The van der Waals surface area contributed by atoms with Gasteiger partial charge in [-0.25, -0.2) is 28.3 Å². The predicted octanol–water partition coefficient (Wildman–Crippen LogP) is 2.95. The molecule has 0 aliphatic carbocycles. The molecule has 1 amide bonds. The summed E-state index contributed by atoms with van der Waals surface area (Å²) in [6, 6.07) is 2.55. The normalized spacial score (nSPS) is 18.9. The van der Waals surface area contributed by atoms with Gasteiger partial charge in [0.25, 0.3) is 0 Å². The summed E-state index contributed by atoms with van der Waals surface area (Å²) < 4.78 is 33.5. The van der Waals surface area contributed by atoms with Crippen molar-refractivity contribution in [3.8, 4) is 0 Å². The number of aromatic carboxylic acids is 1. The number of rotatable bonds is 4. The molecule has 2 heterocycles. The molecular weight excluding hydrogens is 398 g/mol. The van der Waals surface area contributed by atoms with Gasteiger partial charge in [-0.1, -0.05) is 0 Å². The Morgan fingerprint density at radius 2 is 1.87 bits per heavy atom. The summed E-state index contributed by atoms with van der Waals surface area (Å²) in [4.78, 5) is 33.0. The van der Waals surface area contributed by atoms with E-state index in [-0.39, 0.29) is 30.2 Å². The van der Waals surface area contributed by atoms with E-state index in [1.165, 1.54) is 0 Å². The van der Waals surface area contributed by atoms with Gasteiger partial charge in [-0.05, 0) is 44.5 Å². The second kappa shape index (κ2) is 8.21. The standard InChI is InChI=1S/C20H22F2N4O4/c1-20(2,3)30-19(29)25-16-10-26(18-23-7-11(8-24-18)17(27)28)9-14(16)13-6-12(21)4-5-15(13)22/h4-8,14,16H,9-10H2,1-3H3,(H,25,29)(H,27,28). The summed E-state index contributed by atoms with van der Waals surface area (Å²) in [5, 5.41) is 11.7. The number of ether oxygens (including phenoxy) is 1. The average Bonchev–Trinajstić information content (AvgIpc) is 3.05. The molecule has 2 unspecified atom stereocenters. The molecule has 1 aliphatic rings. The number of hydrogen-bond acceptors (Lipinski definition) is 6. The zero-order chi connectivity index (χ0) is 22.1. The third-order valence-electron chi connectivity index (χ3n) is 4.55. The maximum Gasteiger partial charge on any atom is 0.407 e. The van der Waals surface area contributed by atoms with Gasteiger partial charge in [-0.15, -0.1) is 0 Å². The molecule has 30 heavy (non-hydrogen) atoms. The minimum atomic E-state index is -1.16. The van der Waals surface area contributed by atoms with Crippen LogP contribution in [0.3, 0.4) is 0 Å². The summed E-state index contributed by atoms with van der Waals surface area (Å²) in [7, 11) is 0. The van der Waals surface area contributed by atoms with Crippen LogP contribution in [0, 0.1) is 11.6 Å². The zero-order valence-electron chi connectivity index (χ0n) is 16.7. The summed E-state index contributed by atoms with van der Waals surface area (Å²) in [6.07, 6.45) is 1.65. The molecule has 0 radical (unpaired) electrons. The SMILES string of the molecule is CC(C)(C)OC(=O)NC1CN(c2ncc(C(=O)O)cn2)CC1c1cc(F)ccc1F. The quantitative estimate of drug-likeness (QED) is 0.784. The molecule has 0 saturated carbocycles. The van der Waals surface area contributed by atoms with Crippen molar-refractivity contribution in [2.45, 2.75) is 38.3 Å². The maximum absolute atomic E-state index is 14.4. The molecule has 10 heteroatoms. The van der Waals surface area contributed by atoms with E-state index in [9.17, 15) is 18.4 Å². The Bertz CT molecular complexity index is 947. The van der Waals surface area contributed by atoms with E-state index in [1.807, 2.05) is 0 Å². The Hall–Kier alpha value is -3.30. The first-order valence-electron chi connectivity index (χ1n) is 9.28. The third kappa shape index (κ3) is 5.00. The highest BCUT2D eigenvalue weighted by atomic mass is 19.1. The Morgan fingerprint density at radius 1 is 1.20 bits per heavy atom. The number of anilines is 1. The lowest BCUT2D eigenvalue weighted by atomic mass is 9.94. The Kier molecular flexibility index (Phi) is 5.86. The minimum absolute atomic E-state index is 0.0749. The molecule has 3 rings (SSSR count). The second-order valence-corrected chi connectivity index (χ2v) is 8.01. The van der Waals surface area contributed by atoms with E-state index < -0.39 is 41.3 Å². The molecule has 8 nitrogen and oxygen atoms in total. The highest BCUT2D eigenvalue weighted by molar-refractivity contribution is 5.86. The molecule has 160 valence electrons. The van der Waals surface area contributed by atoms with Gasteiger partial charge < -0.3 is 20.1 Å². The van der Waals surface area contributed by atoms with Gasteiger partial charge in [0.15, 0.2) is 0 Å². The van der Waals surface area contributed by atoms with Crippen molar-refractivity contribution >= 4 is 18.0 Å². The van der Waals surface area contributed by atoms with Gasteiger partial charge in [0.1, 0.15) is 17.2 Å². The van der Waals surface area contributed by atoms with Crippen molar-refractivity contribution in [3.63, 3.8) is 0 Å². The summed E-state index contributed by atoms with van der Waals surface area (Å²) >= 11 is 0. The number of carbonyl (C=O) groups is 2. The smallest absolute Gasteiger partial charge is 0.407 e. The van der Waals surface area contributed by atoms with Crippen LogP contribution in [0.1, 0.15) is 42.6 Å². The molecule has 1 aromatic heterocycles. The van der Waals surface area contributed by atoms with Gasteiger partial charge in [-0.2, -0.15) is 0 Å². The van der Waals surface area contributed by atoms with Crippen molar-refractivity contribution in [2.24, 2.45) is 0 Å². The third-order valence-corrected chi connectivity index (χ3v) is 4.55.